The van der Waals surface area contributed by atoms with Crippen LogP contribution >= 0.6 is 0 Å². The van der Waals surface area contributed by atoms with Gasteiger partial charge < -0.3 is 0 Å². The summed E-state index contributed by atoms with van der Waals surface area (Å²) in [5, 5.41) is 3.92. The molecule has 1 N–H and O–H groups in total. The summed E-state index contributed by atoms with van der Waals surface area (Å²) in [6.45, 7) is 3.93. The van der Waals surface area contributed by atoms with Gasteiger partial charge >= 0.3 is 0 Å². The third kappa shape index (κ3) is 2.70. The molecule has 0 aliphatic heterocycles. The van der Waals surface area contributed by atoms with E-state index in [1.807, 2.05) is 13.8 Å². The SMILES string of the molecule is CCC(C)=NNC(=O)C1CC1. The van der Waals surface area contributed by atoms with Crippen molar-refractivity contribution in [3.8, 4) is 0 Å². The molecule has 0 spiro atoms. The second kappa shape index (κ2) is 3.51. The lowest BCUT2D eigenvalue weighted by Gasteiger charge is -1.97. The molecule has 1 saturated carbocycles. The van der Waals surface area contributed by atoms with Gasteiger partial charge in [-0.15, -0.1) is 0 Å². The fraction of sp³-hybridized carbons (Fsp3) is 0.750. The van der Waals surface area contributed by atoms with Gasteiger partial charge in [0.15, 0.2) is 0 Å². The minimum absolute atomic E-state index is 0.0813. The first-order chi connectivity index (χ1) is 5.24. The topological polar surface area (TPSA) is 41.5 Å². The average molecular weight is 154 g/mol. The summed E-state index contributed by atoms with van der Waals surface area (Å²) in [6.07, 6.45) is 2.96. The Kier molecular flexibility index (Phi) is 2.63. The van der Waals surface area contributed by atoms with Gasteiger partial charge in [-0.25, -0.2) is 5.43 Å². The van der Waals surface area contributed by atoms with Gasteiger partial charge in [-0.3, -0.25) is 4.79 Å². The monoisotopic (exact) mass is 154 g/mol. The Labute approximate surface area is 66.9 Å². The predicted molar refractivity (Wildman–Crippen MR) is 44.3 cm³/mol. The van der Waals surface area contributed by atoms with Crippen molar-refractivity contribution in [2.45, 2.75) is 33.1 Å². The molecule has 62 valence electrons. The number of hydrogen-bond acceptors (Lipinski definition) is 2. The van der Waals surface area contributed by atoms with Crippen LogP contribution in [-0.4, -0.2) is 11.6 Å². The van der Waals surface area contributed by atoms with Crippen molar-refractivity contribution >= 4 is 11.6 Å². The molecule has 0 heterocycles. The maximum atomic E-state index is 11.0. The number of rotatable bonds is 3. The van der Waals surface area contributed by atoms with E-state index < -0.39 is 0 Å². The van der Waals surface area contributed by atoms with Gasteiger partial charge in [-0.1, -0.05) is 6.92 Å². The van der Waals surface area contributed by atoms with E-state index in [1.54, 1.807) is 0 Å². The summed E-state index contributed by atoms with van der Waals surface area (Å²) in [6, 6.07) is 0. The van der Waals surface area contributed by atoms with Crippen LogP contribution in [0.2, 0.25) is 0 Å². The highest BCUT2D eigenvalue weighted by Gasteiger charge is 2.29. The van der Waals surface area contributed by atoms with Gasteiger partial charge in [0.1, 0.15) is 0 Å². The van der Waals surface area contributed by atoms with Crippen molar-refractivity contribution in [1.82, 2.24) is 5.43 Å². The highest BCUT2D eigenvalue weighted by molar-refractivity contribution is 5.85. The lowest BCUT2D eigenvalue weighted by Crippen LogP contribution is -2.20. The normalized spacial score (nSPS) is 18.2. The summed E-state index contributed by atoms with van der Waals surface area (Å²) >= 11 is 0. The van der Waals surface area contributed by atoms with Crippen molar-refractivity contribution in [2.24, 2.45) is 11.0 Å². The van der Waals surface area contributed by atoms with Crippen LogP contribution in [0.25, 0.3) is 0 Å². The molecular weight excluding hydrogens is 140 g/mol. The molecule has 0 unspecified atom stereocenters. The highest BCUT2D eigenvalue weighted by Crippen LogP contribution is 2.28. The highest BCUT2D eigenvalue weighted by atomic mass is 16.2. The van der Waals surface area contributed by atoms with E-state index in [0.717, 1.165) is 25.0 Å². The summed E-state index contributed by atoms with van der Waals surface area (Å²) in [5.41, 5.74) is 3.52. The first-order valence-corrected chi connectivity index (χ1v) is 4.07. The first-order valence-electron chi connectivity index (χ1n) is 4.07. The summed E-state index contributed by atoms with van der Waals surface area (Å²) < 4.78 is 0. The largest absolute Gasteiger partial charge is 0.273 e. The molecule has 1 amide bonds. The van der Waals surface area contributed by atoms with Crippen LogP contribution in [0, 0.1) is 5.92 Å². The van der Waals surface area contributed by atoms with Gasteiger partial charge in [0.2, 0.25) is 5.91 Å². The number of hydrogen-bond donors (Lipinski definition) is 1. The van der Waals surface area contributed by atoms with Crippen molar-refractivity contribution in [3.05, 3.63) is 0 Å². The Morgan fingerprint density at radius 3 is 2.73 bits per heavy atom. The lowest BCUT2D eigenvalue weighted by atomic mass is 10.3. The zero-order valence-electron chi connectivity index (χ0n) is 7.05. The Balaban J connectivity index is 2.24. The summed E-state index contributed by atoms with van der Waals surface area (Å²) in [7, 11) is 0. The predicted octanol–water partition coefficient (Wildman–Crippen LogP) is 1.30. The Bertz CT molecular complexity index is 183. The van der Waals surface area contributed by atoms with E-state index in [-0.39, 0.29) is 11.8 Å². The van der Waals surface area contributed by atoms with Crippen LogP contribution in [0.3, 0.4) is 0 Å². The molecule has 0 atom stereocenters. The maximum Gasteiger partial charge on any atom is 0.243 e. The number of carbonyl (C=O) groups is 1. The second-order valence-electron chi connectivity index (χ2n) is 2.95. The minimum atomic E-state index is 0.0813. The van der Waals surface area contributed by atoms with E-state index in [1.165, 1.54) is 0 Å². The van der Waals surface area contributed by atoms with Crippen LogP contribution in [0.1, 0.15) is 33.1 Å². The molecule has 1 fully saturated rings. The molecule has 0 aromatic rings. The zero-order chi connectivity index (χ0) is 8.27. The van der Waals surface area contributed by atoms with Crippen molar-refractivity contribution in [3.63, 3.8) is 0 Å². The Morgan fingerprint density at radius 1 is 1.64 bits per heavy atom. The molecule has 1 aliphatic carbocycles. The van der Waals surface area contributed by atoms with E-state index in [0.29, 0.717) is 0 Å². The van der Waals surface area contributed by atoms with Gasteiger partial charge in [-0.05, 0) is 26.2 Å². The van der Waals surface area contributed by atoms with E-state index in [9.17, 15) is 4.79 Å². The molecule has 3 nitrogen and oxygen atoms in total. The smallest absolute Gasteiger partial charge is 0.243 e. The number of nitrogens with zero attached hydrogens (tertiary/aromatic N) is 1. The number of amides is 1. The Morgan fingerprint density at radius 2 is 2.27 bits per heavy atom. The van der Waals surface area contributed by atoms with Crippen LogP contribution in [0.4, 0.5) is 0 Å². The second-order valence-corrected chi connectivity index (χ2v) is 2.95. The average Bonchev–Trinajstić information content (AvgIpc) is 2.81. The minimum Gasteiger partial charge on any atom is -0.273 e. The summed E-state index contributed by atoms with van der Waals surface area (Å²) in [5.74, 6) is 0.334. The first kappa shape index (κ1) is 8.24. The van der Waals surface area contributed by atoms with E-state index in [4.69, 9.17) is 0 Å². The van der Waals surface area contributed by atoms with Crippen molar-refractivity contribution < 1.29 is 4.79 Å². The fourth-order valence-corrected chi connectivity index (χ4v) is 0.666. The third-order valence-corrected chi connectivity index (χ3v) is 1.82. The Hall–Kier alpha value is -0.860. The molecule has 0 saturated heterocycles. The molecule has 0 radical (unpaired) electrons. The van der Waals surface area contributed by atoms with Crippen LogP contribution in [0.15, 0.2) is 5.10 Å². The molecule has 0 bridgehead atoms. The quantitative estimate of drug-likeness (QED) is 0.483. The van der Waals surface area contributed by atoms with Gasteiger partial charge in [-0.2, -0.15) is 5.10 Å². The van der Waals surface area contributed by atoms with Crippen LogP contribution < -0.4 is 5.43 Å². The molecule has 1 aliphatic rings. The maximum absolute atomic E-state index is 11.0. The molecule has 0 aromatic heterocycles. The van der Waals surface area contributed by atoms with E-state index in [2.05, 4.69) is 10.5 Å². The van der Waals surface area contributed by atoms with E-state index >= 15 is 0 Å². The number of nitrogens with one attached hydrogen (secondary N) is 1. The summed E-state index contributed by atoms with van der Waals surface area (Å²) in [4.78, 5) is 11.0. The molecule has 0 aromatic carbocycles. The lowest BCUT2D eigenvalue weighted by molar-refractivity contribution is -0.122. The zero-order valence-corrected chi connectivity index (χ0v) is 7.05. The molecule has 11 heavy (non-hydrogen) atoms. The van der Waals surface area contributed by atoms with Crippen LogP contribution in [0.5, 0.6) is 0 Å². The number of hydrazone groups is 1. The van der Waals surface area contributed by atoms with Gasteiger partial charge in [0.05, 0.1) is 0 Å². The third-order valence-electron chi connectivity index (χ3n) is 1.82. The molecular formula is C8H14N2O. The fourth-order valence-electron chi connectivity index (χ4n) is 0.666. The van der Waals surface area contributed by atoms with Crippen molar-refractivity contribution in [1.29, 1.82) is 0 Å². The van der Waals surface area contributed by atoms with Crippen LogP contribution in [-0.2, 0) is 4.79 Å². The van der Waals surface area contributed by atoms with Crippen molar-refractivity contribution in [2.75, 3.05) is 0 Å². The number of carbonyl (C=O) groups excluding carboxylic acids is 1. The van der Waals surface area contributed by atoms with Gasteiger partial charge in [0.25, 0.3) is 0 Å². The van der Waals surface area contributed by atoms with Gasteiger partial charge in [0, 0.05) is 11.6 Å². The molecule has 3 heteroatoms. The standard InChI is InChI=1S/C8H14N2O/c1-3-6(2)9-10-8(11)7-4-5-7/h7H,3-5H2,1-2H3,(H,10,11). The molecule has 1 rings (SSSR count).